The topological polar surface area (TPSA) is 39.2 Å². The van der Waals surface area contributed by atoms with E-state index in [9.17, 15) is 4.79 Å². The van der Waals surface area contributed by atoms with Gasteiger partial charge in [0.2, 0.25) is 0 Å². The first-order chi connectivity index (χ1) is 9.19. The monoisotopic (exact) mass is 319 g/mol. The Balaban J connectivity index is 2.01. The summed E-state index contributed by atoms with van der Waals surface area (Å²) in [6.45, 7) is 0. The summed E-state index contributed by atoms with van der Waals surface area (Å²) in [6.07, 6.45) is 2.47. The largest absolute Gasteiger partial charge is 0.496 e. The van der Waals surface area contributed by atoms with Crippen LogP contribution in [-0.4, -0.2) is 17.9 Å². The van der Waals surface area contributed by atoms with Gasteiger partial charge in [0.25, 0.3) is 0 Å². The lowest BCUT2D eigenvalue weighted by Crippen LogP contribution is -2.07. The van der Waals surface area contributed by atoms with E-state index in [1.54, 1.807) is 13.3 Å². The van der Waals surface area contributed by atoms with Crippen molar-refractivity contribution in [2.75, 3.05) is 7.11 Å². The highest BCUT2D eigenvalue weighted by atomic mass is 79.9. The van der Waals surface area contributed by atoms with Crippen LogP contribution in [0.4, 0.5) is 0 Å². The second-order valence-corrected chi connectivity index (χ2v) is 5.04. The summed E-state index contributed by atoms with van der Waals surface area (Å²) in [5.74, 6) is 0.914. The lowest BCUT2D eigenvalue weighted by molar-refractivity contribution is -0.117. The van der Waals surface area contributed by atoms with Crippen molar-refractivity contribution in [2.24, 2.45) is 0 Å². The van der Waals surface area contributed by atoms with Crippen molar-refractivity contribution in [1.29, 1.82) is 0 Å². The van der Waals surface area contributed by atoms with E-state index in [-0.39, 0.29) is 5.78 Å². The minimum atomic E-state index is 0.149. The minimum absolute atomic E-state index is 0.149. The summed E-state index contributed by atoms with van der Waals surface area (Å²) in [5, 5.41) is 0. The van der Waals surface area contributed by atoms with Crippen LogP contribution < -0.4 is 4.74 Å². The quantitative estimate of drug-likeness (QED) is 0.849. The molecule has 0 spiro atoms. The van der Waals surface area contributed by atoms with Crippen molar-refractivity contribution >= 4 is 21.7 Å². The predicted octanol–water partition coefficient (Wildman–Crippen LogP) is 3.21. The Morgan fingerprint density at radius 1 is 1.26 bits per heavy atom. The molecule has 0 N–H and O–H groups in total. The van der Waals surface area contributed by atoms with Gasteiger partial charge in [-0.15, -0.1) is 0 Å². The molecule has 0 aliphatic rings. The molecule has 0 saturated carbocycles. The Morgan fingerprint density at radius 3 is 2.74 bits per heavy atom. The van der Waals surface area contributed by atoms with Gasteiger partial charge in [-0.25, -0.2) is 0 Å². The van der Waals surface area contributed by atoms with Gasteiger partial charge in [-0.3, -0.25) is 9.78 Å². The van der Waals surface area contributed by atoms with Crippen molar-refractivity contribution < 1.29 is 9.53 Å². The number of rotatable bonds is 5. The molecule has 98 valence electrons. The maximum absolute atomic E-state index is 12.0. The summed E-state index contributed by atoms with van der Waals surface area (Å²) < 4.78 is 6.02. The molecule has 19 heavy (non-hydrogen) atoms. The number of hydrogen-bond donors (Lipinski definition) is 0. The highest BCUT2D eigenvalue weighted by Crippen LogP contribution is 2.25. The Morgan fingerprint density at radius 2 is 2.11 bits per heavy atom. The molecule has 1 heterocycles. The van der Waals surface area contributed by atoms with Crippen molar-refractivity contribution in [3.63, 3.8) is 0 Å². The number of benzene rings is 1. The van der Waals surface area contributed by atoms with Crippen molar-refractivity contribution in [1.82, 2.24) is 4.98 Å². The molecule has 2 aromatic rings. The third kappa shape index (κ3) is 3.89. The van der Waals surface area contributed by atoms with Crippen LogP contribution in [0.15, 0.2) is 47.1 Å². The molecule has 0 aliphatic carbocycles. The number of Topliss-reactive ketones (excluding diaryl/α,β-unsaturated/α-hetero) is 1. The second-order valence-electron chi connectivity index (χ2n) is 4.18. The fourth-order valence-electron chi connectivity index (χ4n) is 1.81. The van der Waals surface area contributed by atoms with Crippen LogP contribution in [0.2, 0.25) is 0 Å². The first-order valence-corrected chi connectivity index (χ1v) is 6.72. The van der Waals surface area contributed by atoms with E-state index in [0.29, 0.717) is 12.8 Å². The average molecular weight is 320 g/mol. The number of carbonyl (C=O) groups excluding carboxylic acids is 1. The standard InChI is InChI=1S/C15H14BrNO2/c1-19-15-6-5-11(9-14(15)16)8-13(18)10-12-4-2-3-7-17-12/h2-7,9H,8,10H2,1H3. The summed E-state index contributed by atoms with van der Waals surface area (Å²) in [6, 6.07) is 11.3. The van der Waals surface area contributed by atoms with E-state index < -0.39 is 0 Å². The molecule has 1 aromatic carbocycles. The zero-order valence-corrected chi connectivity index (χ0v) is 12.2. The lowest BCUT2D eigenvalue weighted by Gasteiger charge is -2.06. The van der Waals surface area contributed by atoms with Crippen LogP contribution in [0, 0.1) is 0 Å². The molecular weight excluding hydrogens is 306 g/mol. The van der Waals surface area contributed by atoms with Gasteiger partial charge < -0.3 is 4.74 Å². The number of ether oxygens (including phenoxy) is 1. The van der Waals surface area contributed by atoms with Crippen LogP contribution in [0.3, 0.4) is 0 Å². The second kappa shape index (κ2) is 6.48. The maximum atomic E-state index is 12.0. The van der Waals surface area contributed by atoms with Crippen LogP contribution >= 0.6 is 15.9 Å². The zero-order valence-electron chi connectivity index (χ0n) is 10.6. The number of methoxy groups -OCH3 is 1. The van der Waals surface area contributed by atoms with Gasteiger partial charge in [0.15, 0.2) is 0 Å². The molecule has 3 nitrogen and oxygen atoms in total. The van der Waals surface area contributed by atoms with Gasteiger partial charge >= 0.3 is 0 Å². The van der Waals surface area contributed by atoms with Gasteiger partial charge in [-0.05, 0) is 45.8 Å². The molecule has 2 rings (SSSR count). The fraction of sp³-hybridized carbons (Fsp3) is 0.200. The number of pyridine rings is 1. The molecule has 0 fully saturated rings. The number of aromatic nitrogens is 1. The smallest absolute Gasteiger partial charge is 0.143 e. The van der Waals surface area contributed by atoms with Crippen LogP contribution in [0.1, 0.15) is 11.3 Å². The Kier molecular flexibility index (Phi) is 4.68. The molecule has 0 amide bonds. The van der Waals surface area contributed by atoms with E-state index in [1.807, 2.05) is 36.4 Å². The molecule has 0 atom stereocenters. The molecular formula is C15H14BrNO2. The molecule has 0 saturated heterocycles. The van der Waals surface area contributed by atoms with Crippen molar-refractivity contribution in [2.45, 2.75) is 12.8 Å². The summed E-state index contributed by atoms with van der Waals surface area (Å²) in [5.41, 5.74) is 1.77. The predicted molar refractivity (Wildman–Crippen MR) is 77.3 cm³/mol. The van der Waals surface area contributed by atoms with Gasteiger partial charge in [0.05, 0.1) is 11.6 Å². The average Bonchev–Trinajstić information content (AvgIpc) is 2.40. The minimum Gasteiger partial charge on any atom is -0.496 e. The highest BCUT2D eigenvalue weighted by Gasteiger charge is 2.08. The van der Waals surface area contributed by atoms with Gasteiger partial charge in [-0.2, -0.15) is 0 Å². The maximum Gasteiger partial charge on any atom is 0.143 e. The van der Waals surface area contributed by atoms with Crippen molar-refractivity contribution in [3.8, 4) is 5.75 Å². The normalized spacial score (nSPS) is 10.2. The van der Waals surface area contributed by atoms with E-state index in [1.165, 1.54) is 0 Å². The van der Waals surface area contributed by atoms with E-state index in [4.69, 9.17) is 4.74 Å². The summed E-state index contributed by atoms with van der Waals surface area (Å²) in [7, 11) is 1.62. The third-order valence-corrected chi connectivity index (χ3v) is 3.34. The van der Waals surface area contributed by atoms with Gasteiger partial charge in [-0.1, -0.05) is 12.1 Å². The van der Waals surface area contributed by atoms with Crippen molar-refractivity contribution in [3.05, 3.63) is 58.3 Å². The first-order valence-electron chi connectivity index (χ1n) is 5.93. The molecule has 1 aromatic heterocycles. The number of halogens is 1. The fourth-order valence-corrected chi connectivity index (χ4v) is 2.40. The molecule has 4 heteroatoms. The van der Waals surface area contributed by atoms with Gasteiger partial charge in [0.1, 0.15) is 11.5 Å². The molecule has 0 radical (unpaired) electrons. The first kappa shape index (κ1) is 13.7. The molecule has 0 bridgehead atoms. The Bertz CT molecular complexity index is 570. The van der Waals surface area contributed by atoms with E-state index in [0.717, 1.165) is 21.5 Å². The number of hydrogen-bond acceptors (Lipinski definition) is 3. The van der Waals surface area contributed by atoms with Crippen LogP contribution in [0.25, 0.3) is 0 Å². The molecule has 0 unspecified atom stereocenters. The summed E-state index contributed by atoms with van der Waals surface area (Å²) >= 11 is 3.42. The Hall–Kier alpha value is -1.68. The van der Waals surface area contributed by atoms with Crippen LogP contribution in [0.5, 0.6) is 5.75 Å². The summed E-state index contributed by atoms with van der Waals surface area (Å²) in [4.78, 5) is 16.1. The number of nitrogens with zero attached hydrogens (tertiary/aromatic N) is 1. The van der Waals surface area contributed by atoms with Crippen LogP contribution in [-0.2, 0) is 17.6 Å². The molecule has 0 aliphatic heterocycles. The number of carbonyl (C=O) groups is 1. The third-order valence-electron chi connectivity index (χ3n) is 2.72. The van der Waals surface area contributed by atoms with E-state index in [2.05, 4.69) is 20.9 Å². The number of ketones is 1. The highest BCUT2D eigenvalue weighted by molar-refractivity contribution is 9.10. The lowest BCUT2D eigenvalue weighted by atomic mass is 10.1. The van der Waals surface area contributed by atoms with E-state index >= 15 is 0 Å². The van der Waals surface area contributed by atoms with Gasteiger partial charge in [0, 0.05) is 24.7 Å². The Labute approximate surface area is 120 Å². The zero-order chi connectivity index (χ0) is 13.7. The SMILES string of the molecule is COc1ccc(CC(=O)Cc2ccccn2)cc1Br.